The second-order valence-corrected chi connectivity index (χ2v) is 9.51. The lowest BCUT2D eigenvalue weighted by Gasteiger charge is -2.40. The quantitative estimate of drug-likeness (QED) is 0.622. The van der Waals surface area contributed by atoms with Crippen LogP contribution in [-0.2, 0) is 13.0 Å². The zero-order chi connectivity index (χ0) is 19.3. The second kappa shape index (κ2) is 9.60. The molecule has 1 aromatic carbocycles. The fourth-order valence-electron chi connectivity index (χ4n) is 5.20. The highest BCUT2D eigenvalue weighted by atomic mass is 35.5. The van der Waals surface area contributed by atoms with E-state index in [-0.39, 0.29) is 36.2 Å². The van der Waals surface area contributed by atoms with Crippen molar-refractivity contribution in [3.8, 4) is 0 Å². The molecule has 0 N–H and O–H groups in total. The molecule has 2 fully saturated rings. The van der Waals surface area contributed by atoms with Gasteiger partial charge in [-0.3, -0.25) is 9.36 Å². The van der Waals surface area contributed by atoms with Crippen molar-refractivity contribution in [1.82, 2.24) is 14.5 Å². The Labute approximate surface area is 193 Å². The molecule has 2 aliphatic heterocycles. The standard InChI is InChI=1S/C22H26FN3OS.2ClH/c1-14-18(21(27)26-8-2-10-28-22(26)24-14)7-9-25-12-16-11-19(20(16)13-25)15-3-5-17(23)6-4-15;;/h3-6,16,19-20H,2,7-13H2,1H3;2*1H. The molecular weight excluding hydrogens is 444 g/mol. The molecule has 1 aliphatic carbocycles. The van der Waals surface area contributed by atoms with Crippen LogP contribution in [0, 0.1) is 24.6 Å². The number of likely N-dealkylation sites (tertiary alicyclic amines) is 1. The van der Waals surface area contributed by atoms with Crippen LogP contribution < -0.4 is 5.56 Å². The summed E-state index contributed by atoms with van der Waals surface area (Å²) < 4.78 is 15.1. The Balaban J connectivity index is 0.00000128. The van der Waals surface area contributed by atoms with Crippen molar-refractivity contribution in [3.63, 3.8) is 0 Å². The lowest BCUT2D eigenvalue weighted by atomic mass is 9.64. The van der Waals surface area contributed by atoms with E-state index in [1.165, 1.54) is 12.0 Å². The summed E-state index contributed by atoms with van der Waals surface area (Å²) in [5, 5.41) is 0.888. The van der Waals surface area contributed by atoms with Gasteiger partial charge in [-0.1, -0.05) is 23.9 Å². The number of hydrogen-bond donors (Lipinski definition) is 0. The van der Waals surface area contributed by atoms with Crippen molar-refractivity contribution in [2.75, 3.05) is 25.4 Å². The lowest BCUT2D eigenvalue weighted by Crippen LogP contribution is -2.33. The number of aryl methyl sites for hydroxylation is 1. The number of aromatic nitrogens is 2. The van der Waals surface area contributed by atoms with Gasteiger partial charge in [0.1, 0.15) is 5.82 Å². The summed E-state index contributed by atoms with van der Waals surface area (Å²) in [6.45, 7) is 5.91. The van der Waals surface area contributed by atoms with E-state index in [0.29, 0.717) is 11.8 Å². The first-order chi connectivity index (χ1) is 13.6. The molecular formula is C22H28Cl2FN3OS. The highest BCUT2D eigenvalue weighted by Crippen LogP contribution is 2.51. The Kier molecular flexibility index (Phi) is 7.54. The number of thioether (sulfide) groups is 1. The highest BCUT2D eigenvalue weighted by Gasteiger charge is 2.47. The number of benzene rings is 1. The Morgan fingerprint density at radius 2 is 1.97 bits per heavy atom. The molecule has 3 atom stereocenters. The Bertz CT molecular complexity index is 953. The second-order valence-electron chi connectivity index (χ2n) is 8.44. The maximum atomic E-state index is 13.2. The van der Waals surface area contributed by atoms with Crippen LogP contribution in [-0.4, -0.2) is 39.8 Å². The van der Waals surface area contributed by atoms with E-state index >= 15 is 0 Å². The highest BCUT2D eigenvalue weighted by molar-refractivity contribution is 7.99. The van der Waals surface area contributed by atoms with Gasteiger partial charge in [-0.2, -0.15) is 0 Å². The van der Waals surface area contributed by atoms with Gasteiger partial charge in [0.2, 0.25) is 0 Å². The minimum atomic E-state index is -0.161. The third-order valence-electron chi connectivity index (χ3n) is 6.81. The van der Waals surface area contributed by atoms with Crippen molar-refractivity contribution < 1.29 is 4.39 Å². The number of halogens is 3. The van der Waals surface area contributed by atoms with Gasteiger partial charge in [0.15, 0.2) is 5.16 Å². The number of fused-ring (bicyclic) bond motifs is 2. The Hall–Kier alpha value is -1.08. The monoisotopic (exact) mass is 471 g/mol. The molecule has 3 aliphatic rings. The molecule has 1 aromatic heterocycles. The van der Waals surface area contributed by atoms with Crippen LogP contribution >= 0.6 is 36.6 Å². The van der Waals surface area contributed by atoms with Gasteiger partial charge in [0.05, 0.1) is 0 Å². The first-order valence-electron chi connectivity index (χ1n) is 10.3. The van der Waals surface area contributed by atoms with Crippen LogP contribution in [0.1, 0.15) is 35.6 Å². The van der Waals surface area contributed by atoms with E-state index in [0.717, 1.165) is 67.1 Å². The third-order valence-corrected chi connectivity index (χ3v) is 7.87. The van der Waals surface area contributed by atoms with Crippen molar-refractivity contribution >= 4 is 36.6 Å². The molecule has 0 bridgehead atoms. The van der Waals surface area contributed by atoms with E-state index in [2.05, 4.69) is 4.90 Å². The molecule has 5 rings (SSSR count). The average Bonchev–Trinajstić information content (AvgIpc) is 2.99. The molecule has 164 valence electrons. The summed E-state index contributed by atoms with van der Waals surface area (Å²) in [6, 6.07) is 7.04. The first-order valence-corrected chi connectivity index (χ1v) is 11.3. The summed E-state index contributed by atoms with van der Waals surface area (Å²) in [6.07, 6.45) is 3.03. The van der Waals surface area contributed by atoms with E-state index in [4.69, 9.17) is 4.98 Å². The van der Waals surface area contributed by atoms with Crippen molar-refractivity contribution in [3.05, 3.63) is 57.3 Å². The molecule has 1 saturated carbocycles. The summed E-state index contributed by atoms with van der Waals surface area (Å²) in [7, 11) is 0. The van der Waals surface area contributed by atoms with Crippen LogP contribution in [0.25, 0.3) is 0 Å². The fraction of sp³-hybridized carbons (Fsp3) is 0.545. The largest absolute Gasteiger partial charge is 0.302 e. The van der Waals surface area contributed by atoms with E-state index in [9.17, 15) is 9.18 Å². The predicted molar refractivity (Wildman–Crippen MR) is 124 cm³/mol. The Morgan fingerprint density at radius 3 is 2.73 bits per heavy atom. The SMILES string of the molecule is Cc1nc2n(c(=O)c1CCN1CC3CC(c4ccc(F)cc4)C3C1)CCCS2.Cl.Cl. The van der Waals surface area contributed by atoms with E-state index < -0.39 is 0 Å². The molecule has 1 saturated heterocycles. The maximum absolute atomic E-state index is 13.2. The van der Waals surface area contributed by atoms with Crippen LogP contribution in [0.15, 0.2) is 34.2 Å². The first kappa shape index (κ1) is 23.6. The number of rotatable bonds is 4. The molecule has 0 spiro atoms. The van der Waals surface area contributed by atoms with Gasteiger partial charge in [0.25, 0.3) is 5.56 Å². The predicted octanol–water partition coefficient (Wildman–Crippen LogP) is 4.31. The molecule has 0 radical (unpaired) electrons. The molecule has 3 unspecified atom stereocenters. The van der Waals surface area contributed by atoms with Crippen LogP contribution in [0.2, 0.25) is 0 Å². The van der Waals surface area contributed by atoms with E-state index in [1.807, 2.05) is 23.6 Å². The normalized spacial score (nSPS) is 24.8. The molecule has 2 aromatic rings. The van der Waals surface area contributed by atoms with Crippen molar-refractivity contribution in [1.29, 1.82) is 0 Å². The Morgan fingerprint density at radius 1 is 1.20 bits per heavy atom. The van der Waals surface area contributed by atoms with Gasteiger partial charge in [-0.15, -0.1) is 24.8 Å². The van der Waals surface area contributed by atoms with Gasteiger partial charge in [0, 0.05) is 43.2 Å². The summed E-state index contributed by atoms with van der Waals surface area (Å²) >= 11 is 1.69. The summed E-state index contributed by atoms with van der Waals surface area (Å²) in [5.74, 6) is 2.87. The third kappa shape index (κ3) is 4.29. The van der Waals surface area contributed by atoms with Gasteiger partial charge >= 0.3 is 0 Å². The molecule has 4 nitrogen and oxygen atoms in total. The fourth-order valence-corrected chi connectivity index (χ4v) is 6.19. The van der Waals surface area contributed by atoms with Gasteiger partial charge in [-0.05, 0) is 61.6 Å². The van der Waals surface area contributed by atoms with Crippen LogP contribution in [0.5, 0.6) is 0 Å². The molecule has 3 heterocycles. The van der Waals surface area contributed by atoms with Crippen molar-refractivity contribution in [2.45, 2.75) is 43.8 Å². The minimum Gasteiger partial charge on any atom is -0.302 e. The lowest BCUT2D eigenvalue weighted by molar-refractivity contribution is 0.191. The topological polar surface area (TPSA) is 38.1 Å². The van der Waals surface area contributed by atoms with Gasteiger partial charge in [-0.25, -0.2) is 9.37 Å². The smallest absolute Gasteiger partial charge is 0.257 e. The zero-order valence-corrected chi connectivity index (χ0v) is 19.5. The van der Waals surface area contributed by atoms with Crippen molar-refractivity contribution in [2.24, 2.45) is 11.8 Å². The number of hydrogen-bond acceptors (Lipinski definition) is 4. The van der Waals surface area contributed by atoms with Crippen LogP contribution in [0.3, 0.4) is 0 Å². The van der Waals surface area contributed by atoms with Gasteiger partial charge < -0.3 is 4.90 Å². The minimum absolute atomic E-state index is 0. The van der Waals surface area contributed by atoms with E-state index in [1.54, 1.807) is 23.9 Å². The molecule has 30 heavy (non-hydrogen) atoms. The molecule has 8 heteroatoms. The molecule has 0 amide bonds. The zero-order valence-electron chi connectivity index (χ0n) is 17.1. The number of nitrogens with zero attached hydrogens (tertiary/aromatic N) is 3. The summed E-state index contributed by atoms with van der Waals surface area (Å²) in [4.78, 5) is 20.1. The average molecular weight is 472 g/mol. The summed E-state index contributed by atoms with van der Waals surface area (Å²) in [5.41, 5.74) is 3.23. The van der Waals surface area contributed by atoms with Crippen LogP contribution in [0.4, 0.5) is 4.39 Å². The maximum Gasteiger partial charge on any atom is 0.257 e.